The molecular weight excluding hydrogens is 420 g/mol. The molecular formula is C21H32N4O5S. The second-order valence-corrected chi connectivity index (χ2v) is 11.3. The summed E-state index contributed by atoms with van der Waals surface area (Å²) in [6, 6.07) is -0.718. The summed E-state index contributed by atoms with van der Waals surface area (Å²) in [6.07, 6.45) is 5.83. The van der Waals surface area contributed by atoms with Crippen LogP contribution in [0.1, 0.15) is 63.1 Å². The van der Waals surface area contributed by atoms with Crippen molar-refractivity contribution in [3.05, 3.63) is 17.6 Å². The minimum absolute atomic E-state index is 0.103. The molecule has 2 fully saturated rings. The number of aromatic nitrogens is 2. The van der Waals surface area contributed by atoms with E-state index in [1.807, 2.05) is 6.92 Å². The second kappa shape index (κ2) is 8.99. The summed E-state index contributed by atoms with van der Waals surface area (Å²) >= 11 is 0. The van der Waals surface area contributed by atoms with E-state index >= 15 is 0 Å². The van der Waals surface area contributed by atoms with Crippen molar-refractivity contribution in [2.24, 2.45) is 0 Å². The van der Waals surface area contributed by atoms with Gasteiger partial charge in [-0.05, 0) is 58.8 Å². The molecule has 2 atom stereocenters. The topological polar surface area (TPSA) is 111 Å². The quantitative estimate of drug-likeness (QED) is 0.740. The van der Waals surface area contributed by atoms with Crippen molar-refractivity contribution < 1.29 is 22.7 Å². The van der Waals surface area contributed by atoms with Gasteiger partial charge in [0.25, 0.3) is 5.91 Å². The van der Waals surface area contributed by atoms with Gasteiger partial charge in [-0.2, -0.15) is 0 Å². The lowest BCUT2D eigenvalue weighted by Crippen LogP contribution is -2.51. The molecule has 4 heterocycles. The number of nitrogens with one attached hydrogen (secondary N) is 1. The smallest absolute Gasteiger partial charge is 0.260 e. The molecule has 0 unspecified atom stereocenters. The van der Waals surface area contributed by atoms with E-state index in [-0.39, 0.29) is 36.6 Å². The van der Waals surface area contributed by atoms with Gasteiger partial charge in [0.15, 0.2) is 6.61 Å². The van der Waals surface area contributed by atoms with Crippen molar-refractivity contribution in [1.82, 2.24) is 19.6 Å². The van der Waals surface area contributed by atoms with E-state index in [1.165, 1.54) is 6.33 Å². The summed E-state index contributed by atoms with van der Waals surface area (Å²) in [5.74, 6) is 0.586. The van der Waals surface area contributed by atoms with Crippen LogP contribution in [-0.4, -0.2) is 72.4 Å². The van der Waals surface area contributed by atoms with Crippen LogP contribution in [0.3, 0.4) is 0 Å². The first-order valence-corrected chi connectivity index (χ1v) is 12.7. The van der Waals surface area contributed by atoms with E-state index < -0.39 is 15.3 Å². The van der Waals surface area contributed by atoms with Crippen LogP contribution < -0.4 is 9.46 Å². The van der Waals surface area contributed by atoms with Crippen LogP contribution in [0, 0.1) is 6.92 Å². The van der Waals surface area contributed by atoms with Crippen LogP contribution in [0.2, 0.25) is 0 Å². The normalized spacial score (nSPS) is 29.5. The Hall–Kier alpha value is -1.78. The highest BCUT2D eigenvalue weighted by Gasteiger charge is 2.41. The molecule has 9 nitrogen and oxygen atoms in total. The first-order valence-electron chi connectivity index (χ1n) is 11.1. The molecule has 1 aliphatic carbocycles. The predicted molar refractivity (Wildman–Crippen MR) is 114 cm³/mol. The first kappa shape index (κ1) is 22.4. The van der Waals surface area contributed by atoms with E-state index in [9.17, 15) is 13.2 Å². The minimum atomic E-state index is -3.45. The highest BCUT2D eigenvalue weighted by atomic mass is 32.2. The van der Waals surface area contributed by atoms with Crippen LogP contribution in [-0.2, 0) is 19.6 Å². The van der Waals surface area contributed by atoms with E-state index in [1.54, 1.807) is 18.7 Å². The highest BCUT2D eigenvalue weighted by Crippen LogP contribution is 2.39. The molecule has 1 aromatic rings. The largest absolute Gasteiger partial charge is 0.467 e. The predicted octanol–water partition coefficient (Wildman–Crippen LogP) is 1.52. The van der Waals surface area contributed by atoms with Crippen LogP contribution in [0.4, 0.5) is 0 Å². The van der Waals surface area contributed by atoms with Gasteiger partial charge >= 0.3 is 0 Å². The van der Waals surface area contributed by atoms with Gasteiger partial charge in [0.1, 0.15) is 6.33 Å². The summed E-state index contributed by atoms with van der Waals surface area (Å²) < 4.78 is 39.9. The second-order valence-electron chi connectivity index (χ2n) is 9.03. The van der Waals surface area contributed by atoms with E-state index in [2.05, 4.69) is 14.7 Å². The number of carbonyl (C=O) groups is 1. The number of amides is 1. The standard InChI is InChI=1S/C21H32N4O5S/c1-13(2)31(27,28)24-17-8-9-25-18(17)10-29-16-6-4-15(5-7-16)20-14(3)22-12-23-21(20)30-11-19(25)26/h12-13,15-18,24H,4-11H2,1-3H3/t15?,16?,17-,18-/m0/s1. The molecule has 0 radical (unpaired) electrons. The van der Waals surface area contributed by atoms with Crippen molar-refractivity contribution in [3.8, 4) is 5.88 Å². The maximum atomic E-state index is 13.0. The van der Waals surface area contributed by atoms with Gasteiger partial charge in [-0.1, -0.05) is 0 Å². The fourth-order valence-corrected chi connectivity index (χ4v) is 5.84. The fourth-order valence-electron chi connectivity index (χ4n) is 4.87. The zero-order chi connectivity index (χ0) is 22.2. The molecule has 1 N–H and O–H groups in total. The SMILES string of the molecule is Cc1ncnc2c1C1CCC(CC1)OC[C@H]1[C@@H](NS(=O)(=O)C(C)C)CCN1C(=O)CO2. The third-order valence-corrected chi connectivity index (χ3v) is 8.64. The highest BCUT2D eigenvalue weighted by molar-refractivity contribution is 7.90. The Morgan fingerprint density at radius 3 is 2.61 bits per heavy atom. The Bertz CT molecular complexity index is 914. The van der Waals surface area contributed by atoms with E-state index in [0.29, 0.717) is 25.5 Å². The summed E-state index contributed by atoms with van der Waals surface area (Å²) in [5.41, 5.74) is 1.88. The number of sulfonamides is 1. The summed E-state index contributed by atoms with van der Waals surface area (Å²) in [7, 11) is -3.45. The van der Waals surface area contributed by atoms with Gasteiger partial charge in [-0.15, -0.1) is 0 Å². The van der Waals surface area contributed by atoms with Gasteiger partial charge in [-0.3, -0.25) is 4.79 Å². The zero-order valence-corrected chi connectivity index (χ0v) is 19.2. The molecule has 5 rings (SSSR count). The van der Waals surface area contributed by atoms with Crippen LogP contribution in [0.25, 0.3) is 0 Å². The average molecular weight is 453 g/mol. The Labute approximate surface area is 184 Å². The van der Waals surface area contributed by atoms with Gasteiger partial charge in [0, 0.05) is 23.8 Å². The third kappa shape index (κ3) is 4.70. The van der Waals surface area contributed by atoms with Gasteiger partial charge < -0.3 is 14.4 Å². The maximum absolute atomic E-state index is 13.0. The van der Waals surface area contributed by atoms with E-state index in [4.69, 9.17) is 9.47 Å². The number of hydrogen-bond donors (Lipinski definition) is 1. The summed E-state index contributed by atoms with van der Waals surface area (Å²) in [6.45, 7) is 5.89. The molecule has 1 amide bonds. The molecule has 31 heavy (non-hydrogen) atoms. The first-order chi connectivity index (χ1) is 14.8. The molecule has 1 aromatic heterocycles. The van der Waals surface area contributed by atoms with Crippen molar-refractivity contribution in [2.75, 3.05) is 19.8 Å². The van der Waals surface area contributed by atoms with Gasteiger partial charge in [0.2, 0.25) is 15.9 Å². The van der Waals surface area contributed by atoms with Crippen molar-refractivity contribution >= 4 is 15.9 Å². The molecule has 4 aliphatic rings. The Morgan fingerprint density at radius 1 is 1.16 bits per heavy atom. The molecule has 0 spiro atoms. The third-order valence-electron chi connectivity index (χ3n) is 6.77. The van der Waals surface area contributed by atoms with Gasteiger partial charge in [-0.25, -0.2) is 23.1 Å². The molecule has 1 saturated heterocycles. The van der Waals surface area contributed by atoms with E-state index in [0.717, 1.165) is 36.9 Å². The number of hydrogen-bond acceptors (Lipinski definition) is 7. The molecule has 10 heteroatoms. The molecule has 3 aliphatic heterocycles. The molecule has 0 aromatic carbocycles. The lowest BCUT2D eigenvalue weighted by molar-refractivity contribution is -0.136. The Kier molecular flexibility index (Phi) is 6.50. The molecule has 1 saturated carbocycles. The molecule has 2 bridgehead atoms. The van der Waals surface area contributed by atoms with Crippen molar-refractivity contribution in [1.29, 1.82) is 0 Å². The van der Waals surface area contributed by atoms with Crippen LogP contribution in [0.15, 0.2) is 6.33 Å². The number of fused-ring (bicyclic) bond motifs is 5. The monoisotopic (exact) mass is 452 g/mol. The fraction of sp³-hybridized carbons (Fsp3) is 0.762. The van der Waals surface area contributed by atoms with Crippen LogP contribution in [0.5, 0.6) is 5.88 Å². The number of aryl methyl sites for hydroxylation is 1. The minimum Gasteiger partial charge on any atom is -0.467 e. The Balaban J connectivity index is 1.60. The summed E-state index contributed by atoms with van der Waals surface area (Å²) in [5, 5.41) is -0.536. The lowest BCUT2D eigenvalue weighted by Gasteiger charge is -2.32. The number of carbonyl (C=O) groups excluding carboxylic acids is 1. The van der Waals surface area contributed by atoms with Crippen LogP contribution >= 0.6 is 0 Å². The number of ether oxygens (including phenoxy) is 2. The molecule has 172 valence electrons. The maximum Gasteiger partial charge on any atom is 0.260 e. The van der Waals surface area contributed by atoms with Crippen molar-refractivity contribution in [2.45, 2.75) is 82.2 Å². The Morgan fingerprint density at radius 2 is 1.90 bits per heavy atom. The number of rotatable bonds is 3. The van der Waals surface area contributed by atoms with Gasteiger partial charge in [0.05, 0.1) is 24.0 Å². The summed E-state index contributed by atoms with van der Waals surface area (Å²) in [4.78, 5) is 23.4. The average Bonchev–Trinajstić information content (AvgIpc) is 3.12. The van der Waals surface area contributed by atoms with Crippen molar-refractivity contribution in [3.63, 3.8) is 0 Å². The zero-order valence-electron chi connectivity index (χ0n) is 18.4. The lowest BCUT2D eigenvalue weighted by atomic mass is 9.82. The number of nitrogens with zero attached hydrogens (tertiary/aromatic N) is 3.